The van der Waals surface area contributed by atoms with Crippen LogP contribution in [-0.4, -0.2) is 77.5 Å². The number of halogens is 2. The van der Waals surface area contributed by atoms with Gasteiger partial charge in [-0.25, -0.2) is 18.7 Å². The lowest BCUT2D eigenvalue weighted by molar-refractivity contribution is -0.129. The topological polar surface area (TPSA) is 86.3 Å². The molecule has 0 radical (unpaired) electrons. The summed E-state index contributed by atoms with van der Waals surface area (Å²) in [7, 11) is 0. The molecule has 3 aromatic rings. The Labute approximate surface area is 202 Å². The lowest BCUT2D eigenvalue weighted by Crippen LogP contribution is -2.48. The van der Waals surface area contributed by atoms with Crippen molar-refractivity contribution in [2.24, 2.45) is 5.92 Å². The standard InChI is InChI=1S/C25H29F2N7O/c1-17(35)33-10-12-34(13-11-33)20-4-2-18(3-5-20)21-14-22-23(30-9-8-29-22)24(32-21)31-16-19-15-28-7-6-25(19,26)27/h2-5,8-9,14,19,28H,6-7,10-13,15-16H2,1H3,(H,31,32)/t19-/m0/s1. The molecule has 1 amide bonds. The summed E-state index contributed by atoms with van der Waals surface area (Å²) in [6.07, 6.45) is 3.02. The van der Waals surface area contributed by atoms with E-state index in [-0.39, 0.29) is 25.4 Å². The van der Waals surface area contributed by atoms with E-state index in [9.17, 15) is 13.6 Å². The number of piperidine rings is 1. The van der Waals surface area contributed by atoms with Crippen molar-refractivity contribution in [1.82, 2.24) is 25.2 Å². The van der Waals surface area contributed by atoms with Gasteiger partial charge in [0.1, 0.15) is 5.52 Å². The van der Waals surface area contributed by atoms with Crippen LogP contribution >= 0.6 is 0 Å². The first-order chi connectivity index (χ1) is 16.9. The zero-order chi connectivity index (χ0) is 24.4. The van der Waals surface area contributed by atoms with Crippen molar-refractivity contribution >= 4 is 28.4 Å². The van der Waals surface area contributed by atoms with Gasteiger partial charge in [0.25, 0.3) is 5.92 Å². The van der Waals surface area contributed by atoms with Crippen molar-refractivity contribution in [3.63, 3.8) is 0 Å². The minimum atomic E-state index is -2.72. The number of carbonyl (C=O) groups excluding carboxylic acids is 1. The van der Waals surface area contributed by atoms with Crippen LogP contribution in [0, 0.1) is 5.92 Å². The third-order valence-electron chi connectivity index (χ3n) is 6.85. The number of aromatic nitrogens is 3. The van der Waals surface area contributed by atoms with Gasteiger partial charge in [0, 0.05) is 82.8 Å². The Morgan fingerprint density at radius 2 is 1.89 bits per heavy atom. The summed E-state index contributed by atoms with van der Waals surface area (Å²) >= 11 is 0. The van der Waals surface area contributed by atoms with Gasteiger partial charge in [0.2, 0.25) is 5.91 Å². The number of hydrogen-bond donors (Lipinski definition) is 2. The zero-order valence-electron chi connectivity index (χ0n) is 19.7. The smallest absolute Gasteiger partial charge is 0.255 e. The van der Waals surface area contributed by atoms with Crippen LogP contribution in [-0.2, 0) is 4.79 Å². The summed E-state index contributed by atoms with van der Waals surface area (Å²) in [5, 5.41) is 6.18. The van der Waals surface area contributed by atoms with E-state index in [4.69, 9.17) is 4.98 Å². The van der Waals surface area contributed by atoms with E-state index < -0.39 is 11.8 Å². The van der Waals surface area contributed by atoms with Gasteiger partial charge in [-0.3, -0.25) is 9.78 Å². The van der Waals surface area contributed by atoms with Crippen LogP contribution in [0.15, 0.2) is 42.7 Å². The Morgan fingerprint density at radius 3 is 2.60 bits per heavy atom. The first-order valence-electron chi connectivity index (χ1n) is 12.0. The van der Waals surface area contributed by atoms with Gasteiger partial charge in [-0.2, -0.15) is 0 Å². The first kappa shape index (κ1) is 23.3. The van der Waals surface area contributed by atoms with E-state index >= 15 is 0 Å². The van der Waals surface area contributed by atoms with Gasteiger partial charge < -0.3 is 20.4 Å². The molecule has 1 atom stereocenters. The fraction of sp³-hybridized carbons (Fsp3) is 0.440. The second-order valence-electron chi connectivity index (χ2n) is 9.11. The van der Waals surface area contributed by atoms with E-state index in [1.54, 1.807) is 19.3 Å². The Morgan fingerprint density at radius 1 is 1.14 bits per heavy atom. The van der Waals surface area contributed by atoms with Crippen molar-refractivity contribution in [3.05, 3.63) is 42.7 Å². The van der Waals surface area contributed by atoms with Crippen LogP contribution in [0.3, 0.4) is 0 Å². The Bertz CT molecular complexity index is 1200. The zero-order valence-corrected chi connectivity index (χ0v) is 19.7. The summed E-state index contributed by atoms with van der Waals surface area (Å²) in [5.74, 6) is -2.98. The van der Waals surface area contributed by atoms with Gasteiger partial charge in [-0.15, -0.1) is 0 Å². The summed E-state index contributed by atoms with van der Waals surface area (Å²) in [4.78, 5) is 29.2. The van der Waals surface area contributed by atoms with Crippen molar-refractivity contribution in [2.45, 2.75) is 19.3 Å². The normalized spacial score (nSPS) is 20.1. The molecule has 2 aliphatic rings. The molecule has 184 valence electrons. The number of hydrogen-bond acceptors (Lipinski definition) is 7. The van der Waals surface area contributed by atoms with Crippen LogP contribution in [0.5, 0.6) is 0 Å². The predicted octanol–water partition coefficient (Wildman–Crippen LogP) is 3.02. The Balaban J connectivity index is 1.36. The van der Waals surface area contributed by atoms with Crippen molar-refractivity contribution in [2.75, 3.05) is 56.0 Å². The van der Waals surface area contributed by atoms with Gasteiger partial charge in [-0.05, 0) is 18.2 Å². The number of alkyl halides is 2. The van der Waals surface area contributed by atoms with E-state index in [2.05, 4.69) is 25.5 Å². The summed E-state index contributed by atoms with van der Waals surface area (Å²) in [6.45, 7) is 5.28. The molecule has 0 spiro atoms. The molecular formula is C25H29F2N7O. The molecule has 1 aromatic carbocycles. The van der Waals surface area contributed by atoms with Crippen molar-refractivity contribution < 1.29 is 13.6 Å². The fourth-order valence-electron chi connectivity index (χ4n) is 4.69. The van der Waals surface area contributed by atoms with E-state index in [0.717, 1.165) is 24.3 Å². The monoisotopic (exact) mass is 481 g/mol. The summed E-state index contributed by atoms with van der Waals surface area (Å²) < 4.78 is 28.7. The predicted molar refractivity (Wildman–Crippen MR) is 132 cm³/mol. The minimum Gasteiger partial charge on any atom is -0.368 e. The van der Waals surface area contributed by atoms with Crippen LogP contribution in [0.2, 0.25) is 0 Å². The second kappa shape index (κ2) is 9.69. The highest BCUT2D eigenvalue weighted by atomic mass is 19.3. The number of pyridine rings is 1. The summed E-state index contributed by atoms with van der Waals surface area (Å²) in [5.41, 5.74) is 3.89. The number of rotatable bonds is 5. The second-order valence-corrected chi connectivity index (χ2v) is 9.11. The molecule has 35 heavy (non-hydrogen) atoms. The highest BCUT2D eigenvalue weighted by Gasteiger charge is 2.41. The molecule has 2 saturated heterocycles. The van der Waals surface area contributed by atoms with Gasteiger partial charge >= 0.3 is 0 Å². The molecular weight excluding hydrogens is 452 g/mol. The molecule has 2 N–H and O–H groups in total. The highest BCUT2D eigenvalue weighted by molar-refractivity contribution is 5.88. The molecule has 0 unspecified atom stereocenters. The lowest BCUT2D eigenvalue weighted by atomic mass is 9.95. The average Bonchev–Trinajstić information content (AvgIpc) is 2.87. The van der Waals surface area contributed by atoms with E-state index in [0.29, 0.717) is 42.2 Å². The molecule has 2 aliphatic heterocycles. The lowest BCUT2D eigenvalue weighted by Gasteiger charge is -2.35. The van der Waals surface area contributed by atoms with Gasteiger partial charge in [0.15, 0.2) is 5.82 Å². The number of nitrogens with zero attached hydrogens (tertiary/aromatic N) is 5. The van der Waals surface area contributed by atoms with Crippen LogP contribution < -0.4 is 15.5 Å². The van der Waals surface area contributed by atoms with Gasteiger partial charge in [0.05, 0.1) is 17.1 Å². The quantitative estimate of drug-likeness (QED) is 0.579. The summed E-state index contributed by atoms with van der Waals surface area (Å²) in [6, 6.07) is 9.96. The number of benzene rings is 1. The highest BCUT2D eigenvalue weighted by Crippen LogP contribution is 2.32. The molecule has 0 aliphatic carbocycles. The number of fused-ring (bicyclic) bond motifs is 1. The molecule has 0 bridgehead atoms. The third-order valence-corrected chi connectivity index (χ3v) is 6.85. The number of anilines is 2. The molecule has 4 heterocycles. The van der Waals surface area contributed by atoms with Crippen molar-refractivity contribution in [3.8, 4) is 11.3 Å². The molecule has 5 rings (SSSR count). The SMILES string of the molecule is CC(=O)N1CCN(c2ccc(-c3cc4nccnc4c(NC[C@@H]4CNCCC4(F)F)n3)cc2)CC1. The Kier molecular flexibility index (Phi) is 6.46. The van der Waals surface area contributed by atoms with Crippen LogP contribution in [0.4, 0.5) is 20.3 Å². The molecule has 2 aromatic heterocycles. The molecule has 0 saturated carbocycles. The van der Waals surface area contributed by atoms with Crippen LogP contribution in [0.25, 0.3) is 22.3 Å². The maximum atomic E-state index is 14.3. The first-order valence-corrected chi connectivity index (χ1v) is 12.0. The number of carbonyl (C=O) groups is 1. The maximum absolute atomic E-state index is 14.3. The van der Waals surface area contributed by atoms with Crippen LogP contribution in [0.1, 0.15) is 13.3 Å². The van der Waals surface area contributed by atoms with E-state index in [1.165, 1.54) is 0 Å². The average molecular weight is 482 g/mol. The number of nitrogens with one attached hydrogen (secondary N) is 2. The van der Waals surface area contributed by atoms with Crippen molar-refractivity contribution in [1.29, 1.82) is 0 Å². The molecule has 2 fully saturated rings. The number of amides is 1. The molecule has 10 heteroatoms. The van der Waals surface area contributed by atoms with E-state index in [1.807, 2.05) is 35.2 Å². The minimum absolute atomic E-state index is 0.0906. The van der Waals surface area contributed by atoms with Gasteiger partial charge in [-0.1, -0.05) is 12.1 Å². The third kappa shape index (κ3) is 5.02. The Hall–Kier alpha value is -3.40. The fourth-order valence-corrected chi connectivity index (χ4v) is 4.69. The largest absolute Gasteiger partial charge is 0.368 e. The number of piperazine rings is 1. The molecule has 8 nitrogen and oxygen atoms in total. The maximum Gasteiger partial charge on any atom is 0.255 e.